The SMILES string of the molecule is CCCC1NC2(CC2)C(=O)N1CC1CCCCC1. The van der Waals surface area contributed by atoms with E-state index >= 15 is 0 Å². The number of nitrogens with one attached hydrogen (secondary N) is 1. The molecule has 3 rings (SSSR count). The smallest absolute Gasteiger partial charge is 0.244 e. The number of rotatable bonds is 4. The summed E-state index contributed by atoms with van der Waals surface area (Å²) in [5.41, 5.74) is -0.117. The summed E-state index contributed by atoms with van der Waals surface area (Å²) in [4.78, 5) is 14.7. The van der Waals surface area contributed by atoms with Gasteiger partial charge in [0, 0.05) is 6.54 Å². The van der Waals surface area contributed by atoms with Gasteiger partial charge in [-0.15, -0.1) is 0 Å². The van der Waals surface area contributed by atoms with Gasteiger partial charge in [-0.25, -0.2) is 0 Å². The fourth-order valence-corrected chi connectivity index (χ4v) is 3.72. The Balaban J connectivity index is 1.65. The maximum Gasteiger partial charge on any atom is 0.244 e. The van der Waals surface area contributed by atoms with Crippen molar-refractivity contribution in [1.82, 2.24) is 10.2 Å². The number of amides is 1. The lowest BCUT2D eigenvalue weighted by Gasteiger charge is -2.30. The number of hydrogen-bond acceptors (Lipinski definition) is 2. The third-order valence-electron chi connectivity index (χ3n) is 4.98. The van der Waals surface area contributed by atoms with Crippen molar-refractivity contribution in [1.29, 1.82) is 0 Å². The Bertz CT molecular complexity index is 318. The summed E-state index contributed by atoms with van der Waals surface area (Å²) in [5.74, 6) is 1.17. The number of carbonyl (C=O) groups excluding carboxylic acids is 1. The summed E-state index contributed by atoms with van der Waals surface area (Å²) in [6.07, 6.45) is 11.5. The Morgan fingerprint density at radius 2 is 2.00 bits per heavy atom. The Morgan fingerprint density at radius 1 is 1.28 bits per heavy atom. The van der Waals surface area contributed by atoms with Gasteiger partial charge in [-0.1, -0.05) is 32.6 Å². The van der Waals surface area contributed by atoms with Crippen molar-refractivity contribution in [2.75, 3.05) is 6.54 Å². The number of nitrogens with zero attached hydrogens (tertiary/aromatic N) is 1. The molecule has 3 heteroatoms. The van der Waals surface area contributed by atoms with Crippen LogP contribution in [0.2, 0.25) is 0 Å². The number of carbonyl (C=O) groups is 1. The number of hydrogen-bond donors (Lipinski definition) is 1. The summed E-state index contributed by atoms with van der Waals surface area (Å²) in [6, 6.07) is 0. The topological polar surface area (TPSA) is 32.3 Å². The zero-order valence-corrected chi connectivity index (χ0v) is 11.6. The highest BCUT2D eigenvalue weighted by Crippen LogP contribution is 2.43. The molecule has 18 heavy (non-hydrogen) atoms. The average molecular weight is 250 g/mol. The Labute approximate surface area is 110 Å². The van der Waals surface area contributed by atoms with Crippen molar-refractivity contribution in [3.8, 4) is 0 Å². The van der Waals surface area contributed by atoms with E-state index in [1.54, 1.807) is 0 Å². The molecule has 3 nitrogen and oxygen atoms in total. The van der Waals surface area contributed by atoms with E-state index in [1.807, 2.05) is 0 Å². The first-order valence-electron chi connectivity index (χ1n) is 7.84. The van der Waals surface area contributed by atoms with Gasteiger partial charge in [-0.05, 0) is 38.0 Å². The van der Waals surface area contributed by atoms with Gasteiger partial charge in [0.1, 0.15) is 0 Å². The van der Waals surface area contributed by atoms with Crippen molar-refractivity contribution < 1.29 is 4.79 Å². The molecule has 3 aliphatic rings. The van der Waals surface area contributed by atoms with Gasteiger partial charge in [-0.3, -0.25) is 10.1 Å². The molecule has 3 fully saturated rings. The van der Waals surface area contributed by atoms with Gasteiger partial charge in [0.05, 0.1) is 11.7 Å². The molecule has 0 aromatic heterocycles. The molecule has 1 unspecified atom stereocenters. The summed E-state index contributed by atoms with van der Waals surface area (Å²) in [6.45, 7) is 3.22. The standard InChI is InChI=1S/C15H26N2O/c1-2-6-13-16-15(9-10-15)14(18)17(13)11-12-7-4-3-5-8-12/h12-13,16H,2-11H2,1H3. The second kappa shape index (κ2) is 4.84. The lowest BCUT2D eigenvalue weighted by Crippen LogP contribution is -2.40. The lowest BCUT2D eigenvalue weighted by atomic mass is 9.89. The van der Waals surface area contributed by atoms with Crippen molar-refractivity contribution in [3.05, 3.63) is 0 Å². The molecule has 1 N–H and O–H groups in total. The van der Waals surface area contributed by atoms with Gasteiger partial charge >= 0.3 is 0 Å². The minimum Gasteiger partial charge on any atom is -0.325 e. The van der Waals surface area contributed by atoms with Crippen LogP contribution in [0.5, 0.6) is 0 Å². The zero-order chi connectivity index (χ0) is 12.6. The highest BCUT2D eigenvalue weighted by molar-refractivity contribution is 5.91. The van der Waals surface area contributed by atoms with Crippen LogP contribution in [0.15, 0.2) is 0 Å². The van der Waals surface area contributed by atoms with Crippen molar-refractivity contribution in [2.45, 2.75) is 76.4 Å². The zero-order valence-electron chi connectivity index (χ0n) is 11.6. The molecule has 2 aliphatic carbocycles. The van der Waals surface area contributed by atoms with Crippen LogP contribution < -0.4 is 5.32 Å². The molecule has 0 bridgehead atoms. The van der Waals surface area contributed by atoms with Crippen LogP contribution in [0.4, 0.5) is 0 Å². The third-order valence-corrected chi connectivity index (χ3v) is 4.98. The van der Waals surface area contributed by atoms with Crippen LogP contribution in [0.25, 0.3) is 0 Å². The van der Waals surface area contributed by atoms with Crippen LogP contribution in [-0.2, 0) is 4.79 Å². The predicted octanol–water partition coefficient (Wildman–Crippen LogP) is 2.66. The third kappa shape index (κ3) is 2.18. The monoisotopic (exact) mass is 250 g/mol. The normalized spacial score (nSPS) is 31.3. The molecule has 0 radical (unpaired) electrons. The molecule has 1 saturated heterocycles. The van der Waals surface area contributed by atoms with Gasteiger partial charge in [-0.2, -0.15) is 0 Å². The van der Waals surface area contributed by atoms with E-state index in [-0.39, 0.29) is 5.54 Å². The van der Waals surface area contributed by atoms with Crippen molar-refractivity contribution >= 4 is 5.91 Å². The van der Waals surface area contributed by atoms with E-state index in [9.17, 15) is 4.79 Å². The minimum absolute atomic E-state index is 0.117. The quantitative estimate of drug-likeness (QED) is 0.832. The van der Waals surface area contributed by atoms with Crippen molar-refractivity contribution in [2.24, 2.45) is 5.92 Å². The van der Waals surface area contributed by atoms with E-state index in [0.29, 0.717) is 12.1 Å². The molecule has 1 heterocycles. The van der Waals surface area contributed by atoms with Gasteiger partial charge < -0.3 is 4.90 Å². The lowest BCUT2D eigenvalue weighted by molar-refractivity contribution is -0.131. The molecular weight excluding hydrogens is 224 g/mol. The van der Waals surface area contributed by atoms with E-state index in [4.69, 9.17) is 0 Å². The van der Waals surface area contributed by atoms with Crippen LogP contribution in [0, 0.1) is 5.92 Å². The van der Waals surface area contributed by atoms with E-state index in [2.05, 4.69) is 17.1 Å². The molecule has 0 aromatic carbocycles. The first-order valence-corrected chi connectivity index (χ1v) is 7.84. The summed E-state index contributed by atoms with van der Waals surface area (Å²) < 4.78 is 0. The highest BCUT2D eigenvalue weighted by atomic mass is 16.2. The molecule has 1 aliphatic heterocycles. The van der Waals surface area contributed by atoms with E-state index in [1.165, 1.54) is 32.1 Å². The fourth-order valence-electron chi connectivity index (χ4n) is 3.72. The Hall–Kier alpha value is -0.570. The minimum atomic E-state index is -0.117. The van der Waals surface area contributed by atoms with E-state index in [0.717, 1.165) is 38.1 Å². The average Bonchev–Trinajstić information content (AvgIpc) is 3.12. The largest absolute Gasteiger partial charge is 0.325 e. The highest BCUT2D eigenvalue weighted by Gasteiger charge is 2.58. The molecule has 102 valence electrons. The van der Waals surface area contributed by atoms with Crippen LogP contribution in [0.3, 0.4) is 0 Å². The molecule has 1 spiro atoms. The Kier molecular flexibility index (Phi) is 3.35. The van der Waals surface area contributed by atoms with Gasteiger partial charge in [0.15, 0.2) is 0 Å². The van der Waals surface area contributed by atoms with Gasteiger partial charge in [0.2, 0.25) is 5.91 Å². The van der Waals surface area contributed by atoms with Crippen molar-refractivity contribution in [3.63, 3.8) is 0 Å². The van der Waals surface area contributed by atoms with E-state index < -0.39 is 0 Å². The maximum absolute atomic E-state index is 12.5. The summed E-state index contributed by atoms with van der Waals surface area (Å²) in [5, 5.41) is 3.61. The second-order valence-electron chi connectivity index (χ2n) is 6.49. The molecule has 1 amide bonds. The predicted molar refractivity (Wildman–Crippen MR) is 72.1 cm³/mol. The first-order chi connectivity index (χ1) is 8.75. The molecule has 1 atom stereocenters. The van der Waals surface area contributed by atoms with Crippen LogP contribution in [0.1, 0.15) is 64.7 Å². The summed E-state index contributed by atoms with van der Waals surface area (Å²) in [7, 11) is 0. The van der Waals surface area contributed by atoms with Crippen LogP contribution in [-0.4, -0.2) is 29.1 Å². The molecular formula is C15H26N2O. The molecule has 2 saturated carbocycles. The maximum atomic E-state index is 12.5. The van der Waals surface area contributed by atoms with Gasteiger partial charge in [0.25, 0.3) is 0 Å². The first kappa shape index (κ1) is 12.5. The second-order valence-corrected chi connectivity index (χ2v) is 6.49. The summed E-state index contributed by atoms with van der Waals surface area (Å²) >= 11 is 0. The molecule has 0 aromatic rings. The van der Waals surface area contributed by atoms with Crippen LogP contribution >= 0.6 is 0 Å². The fraction of sp³-hybridized carbons (Fsp3) is 0.933. The Morgan fingerprint density at radius 3 is 2.61 bits per heavy atom.